The smallest absolute Gasteiger partial charge is 0.186 e. The molecule has 3 aromatic heterocycles. The summed E-state index contributed by atoms with van der Waals surface area (Å²) in [5.41, 5.74) is 4.58. The van der Waals surface area contributed by atoms with Crippen LogP contribution < -0.4 is 10.6 Å². The van der Waals surface area contributed by atoms with E-state index in [1.807, 2.05) is 43.5 Å². The lowest BCUT2D eigenvalue weighted by atomic mass is 9.92. The number of fused-ring (bicyclic) bond motifs is 1. The van der Waals surface area contributed by atoms with Gasteiger partial charge >= 0.3 is 0 Å². The van der Waals surface area contributed by atoms with Gasteiger partial charge < -0.3 is 10.1 Å². The number of halogens is 1. The first-order valence-corrected chi connectivity index (χ1v) is 11.0. The number of aromatic nitrogens is 4. The van der Waals surface area contributed by atoms with E-state index in [-0.39, 0.29) is 11.6 Å². The molecule has 8 heteroatoms. The SMILES string of the molecule is Cc1cc(-c2n[nH]c3cc(NC4NC(c5ccc(Cl)cc5)CC(C)(C)O4)ncc23)ccn1. The van der Waals surface area contributed by atoms with Crippen LogP contribution in [0.3, 0.4) is 0 Å². The summed E-state index contributed by atoms with van der Waals surface area (Å²) < 4.78 is 6.23. The van der Waals surface area contributed by atoms with Crippen LogP contribution in [-0.2, 0) is 4.74 Å². The molecule has 7 nitrogen and oxygen atoms in total. The van der Waals surface area contributed by atoms with E-state index in [4.69, 9.17) is 16.3 Å². The Labute approximate surface area is 191 Å². The van der Waals surface area contributed by atoms with Gasteiger partial charge in [-0.1, -0.05) is 23.7 Å². The van der Waals surface area contributed by atoms with E-state index in [1.54, 1.807) is 6.20 Å². The van der Waals surface area contributed by atoms with Crippen LogP contribution in [0.2, 0.25) is 5.02 Å². The third-order valence-corrected chi connectivity index (χ3v) is 5.91. The summed E-state index contributed by atoms with van der Waals surface area (Å²) in [6.07, 6.45) is 4.07. The summed E-state index contributed by atoms with van der Waals surface area (Å²) in [5, 5.41) is 16.2. The quantitative estimate of drug-likeness (QED) is 0.397. The maximum absolute atomic E-state index is 6.23. The molecule has 1 aromatic carbocycles. The third kappa shape index (κ3) is 4.32. The zero-order valence-electron chi connectivity index (χ0n) is 18.2. The van der Waals surface area contributed by atoms with Gasteiger partial charge in [-0.05, 0) is 57.0 Å². The van der Waals surface area contributed by atoms with Gasteiger partial charge in [-0.15, -0.1) is 0 Å². The van der Waals surface area contributed by atoms with E-state index in [0.29, 0.717) is 5.82 Å². The molecule has 32 heavy (non-hydrogen) atoms. The second-order valence-corrected chi connectivity index (χ2v) is 9.19. The molecule has 4 heterocycles. The Morgan fingerprint density at radius 3 is 2.72 bits per heavy atom. The van der Waals surface area contributed by atoms with Crippen molar-refractivity contribution in [1.29, 1.82) is 0 Å². The number of rotatable bonds is 4. The van der Waals surface area contributed by atoms with Crippen molar-refractivity contribution in [3.8, 4) is 11.3 Å². The molecule has 5 rings (SSSR count). The van der Waals surface area contributed by atoms with Gasteiger partial charge in [0.15, 0.2) is 6.35 Å². The fraction of sp³-hybridized carbons (Fsp3) is 0.292. The number of aromatic amines is 1. The van der Waals surface area contributed by atoms with Crippen LogP contribution >= 0.6 is 11.6 Å². The summed E-state index contributed by atoms with van der Waals surface area (Å²) in [5.74, 6) is 0.698. The molecule has 1 saturated heterocycles. The van der Waals surface area contributed by atoms with Crippen molar-refractivity contribution in [2.75, 3.05) is 5.32 Å². The van der Waals surface area contributed by atoms with Crippen molar-refractivity contribution in [2.45, 2.75) is 45.2 Å². The van der Waals surface area contributed by atoms with E-state index in [0.717, 1.165) is 39.3 Å². The zero-order valence-corrected chi connectivity index (χ0v) is 18.9. The van der Waals surface area contributed by atoms with Crippen LogP contribution in [0.5, 0.6) is 0 Å². The summed E-state index contributed by atoms with van der Waals surface area (Å²) in [6.45, 7) is 6.16. The van der Waals surface area contributed by atoms with Crippen LogP contribution in [-0.4, -0.2) is 32.1 Å². The molecule has 0 aliphatic carbocycles. The van der Waals surface area contributed by atoms with Crippen molar-refractivity contribution in [1.82, 2.24) is 25.5 Å². The Kier molecular flexibility index (Phi) is 5.33. The fourth-order valence-corrected chi connectivity index (χ4v) is 4.28. The number of H-pyrrole nitrogens is 1. The number of nitrogens with zero attached hydrogens (tertiary/aromatic N) is 3. The zero-order chi connectivity index (χ0) is 22.3. The first kappa shape index (κ1) is 20.9. The molecule has 1 aliphatic heterocycles. The van der Waals surface area contributed by atoms with E-state index < -0.39 is 6.35 Å². The second-order valence-electron chi connectivity index (χ2n) is 8.75. The van der Waals surface area contributed by atoms with Gasteiger partial charge in [0.1, 0.15) is 11.5 Å². The topological polar surface area (TPSA) is 87.8 Å². The average Bonchev–Trinajstić information content (AvgIpc) is 3.16. The van der Waals surface area contributed by atoms with Gasteiger partial charge in [-0.25, -0.2) is 4.98 Å². The third-order valence-electron chi connectivity index (χ3n) is 5.65. The van der Waals surface area contributed by atoms with Gasteiger partial charge in [0.25, 0.3) is 0 Å². The predicted octanol–water partition coefficient (Wildman–Crippen LogP) is 5.21. The Bertz CT molecular complexity index is 1250. The summed E-state index contributed by atoms with van der Waals surface area (Å²) >= 11 is 6.06. The first-order valence-electron chi connectivity index (χ1n) is 10.6. The molecule has 2 unspecified atom stereocenters. The van der Waals surface area contributed by atoms with E-state index >= 15 is 0 Å². The normalized spacial score (nSPS) is 20.4. The molecule has 1 aliphatic rings. The molecule has 2 atom stereocenters. The van der Waals surface area contributed by atoms with Crippen LogP contribution in [0.15, 0.2) is 54.9 Å². The Morgan fingerprint density at radius 2 is 1.94 bits per heavy atom. The lowest BCUT2D eigenvalue weighted by Gasteiger charge is -2.42. The van der Waals surface area contributed by atoms with E-state index in [1.165, 1.54) is 5.56 Å². The molecule has 4 aromatic rings. The van der Waals surface area contributed by atoms with Gasteiger partial charge in [0, 0.05) is 46.2 Å². The van der Waals surface area contributed by atoms with Gasteiger partial charge in [0.2, 0.25) is 0 Å². The van der Waals surface area contributed by atoms with Gasteiger partial charge in [-0.3, -0.25) is 15.4 Å². The molecule has 164 valence electrons. The maximum atomic E-state index is 6.23. The van der Waals surface area contributed by atoms with Crippen molar-refractivity contribution >= 4 is 28.3 Å². The lowest BCUT2D eigenvalue weighted by molar-refractivity contribution is -0.119. The Morgan fingerprint density at radius 1 is 1.12 bits per heavy atom. The standard InChI is InChI=1S/C24H25ClN6O/c1-14-10-16(8-9-26-14)22-18-13-27-21(11-19(18)30-31-22)29-23-28-20(12-24(2,3)32-23)15-4-6-17(25)7-5-15/h4-11,13,20,23,28H,12H2,1-3H3,(H,27,29)(H,30,31). The van der Waals surface area contributed by atoms with Crippen molar-refractivity contribution in [2.24, 2.45) is 0 Å². The Balaban J connectivity index is 1.38. The maximum Gasteiger partial charge on any atom is 0.186 e. The van der Waals surface area contributed by atoms with Crippen LogP contribution in [0.4, 0.5) is 5.82 Å². The predicted molar refractivity (Wildman–Crippen MR) is 126 cm³/mol. The Hall–Kier alpha value is -3.00. The monoisotopic (exact) mass is 448 g/mol. The number of ether oxygens (including phenoxy) is 1. The molecular weight excluding hydrogens is 424 g/mol. The lowest BCUT2D eigenvalue weighted by Crippen LogP contribution is -2.52. The number of hydrogen-bond donors (Lipinski definition) is 3. The van der Waals surface area contributed by atoms with Gasteiger partial charge in [0.05, 0.1) is 11.1 Å². The summed E-state index contributed by atoms with van der Waals surface area (Å²) in [7, 11) is 0. The number of nitrogens with one attached hydrogen (secondary N) is 3. The highest BCUT2D eigenvalue weighted by molar-refractivity contribution is 6.30. The molecule has 3 N–H and O–H groups in total. The number of benzene rings is 1. The highest BCUT2D eigenvalue weighted by Gasteiger charge is 2.35. The largest absolute Gasteiger partial charge is 0.339 e. The van der Waals surface area contributed by atoms with Crippen molar-refractivity contribution < 1.29 is 4.74 Å². The second kappa shape index (κ2) is 8.16. The van der Waals surface area contributed by atoms with Crippen LogP contribution in [0.1, 0.15) is 37.6 Å². The molecule has 0 radical (unpaired) electrons. The van der Waals surface area contributed by atoms with Crippen LogP contribution in [0, 0.1) is 6.92 Å². The molecular formula is C24H25ClN6O. The summed E-state index contributed by atoms with van der Waals surface area (Å²) in [6, 6.07) is 14.0. The first-order chi connectivity index (χ1) is 15.4. The molecule has 0 saturated carbocycles. The summed E-state index contributed by atoms with van der Waals surface area (Å²) in [4.78, 5) is 8.88. The average molecular weight is 449 g/mol. The van der Waals surface area contributed by atoms with Gasteiger partial charge in [-0.2, -0.15) is 5.10 Å². The minimum atomic E-state index is -0.394. The molecule has 0 amide bonds. The molecule has 0 bridgehead atoms. The highest BCUT2D eigenvalue weighted by Crippen LogP contribution is 2.33. The van der Waals surface area contributed by atoms with Crippen LogP contribution in [0.25, 0.3) is 22.2 Å². The minimum Gasteiger partial charge on any atom is -0.339 e. The number of pyridine rings is 2. The fourth-order valence-electron chi connectivity index (χ4n) is 4.15. The number of aryl methyl sites for hydroxylation is 1. The molecule has 1 fully saturated rings. The number of hydrogen-bond acceptors (Lipinski definition) is 6. The minimum absolute atomic E-state index is 0.130. The van der Waals surface area contributed by atoms with Crippen molar-refractivity contribution in [3.63, 3.8) is 0 Å². The molecule has 0 spiro atoms. The number of anilines is 1. The van der Waals surface area contributed by atoms with Crippen molar-refractivity contribution in [3.05, 3.63) is 71.1 Å². The highest BCUT2D eigenvalue weighted by atomic mass is 35.5. The van der Waals surface area contributed by atoms with E-state index in [9.17, 15) is 0 Å². The van der Waals surface area contributed by atoms with E-state index in [2.05, 4.69) is 56.8 Å².